The van der Waals surface area contributed by atoms with Crippen LogP contribution in [0.5, 0.6) is 11.5 Å². The molecule has 0 saturated heterocycles. The molecule has 6 N–H and O–H groups in total. The number of fused-ring (bicyclic) bond motifs is 2. The fraction of sp³-hybridized carbons (Fsp3) is 0.0800. The van der Waals surface area contributed by atoms with E-state index in [0.29, 0.717) is 5.56 Å². The third kappa shape index (κ3) is 4.32. The Kier molecular flexibility index (Phi) is 6.13. The molecule has 0 spiro atoms. The number of carboxylic acids is 2. The summed E-state index contributed by atoms with van der Waals surface area (Å²) in [4.78, 5) is 60.5. The summed E-state index contributed by atoms with van der Waals surface area (Å²) in [5, 5.41) is 43.8. The number of aromatic carboxylic acids is 1. The first-order valence-electron chi connectivity index (χ1n) is 10.5. The highest BCUT2D eigenvalue weighted by Crippen LogP contribution is 2.42. The molecule has 0 aromatic heterocycles. The van der Waals surface area contributed by atoms with Gasteiger partial charge in [-0.15, -0.1) is 0 Å². The van der Waals surface area contributed by atoms with Crippen LogP contribution < -0.4 is 10.6 Å². The quantitative estimate of drug-likeness (QED) is 0.220. The molecule has 182 valence electrons. The molecule has 0 aliphatic heterocycles. The summed E-state index contributed by atoms with van der Waals surface area (Å²) in [5.74, 6) is -5.40. The number of nitrogens with one attached hydrogen (secondary N) is 2. The van der Waals surface area contributed by atoms with Crippen molar-refractivity contribution in [1.29, 1.82) is 0 Å². The van der Waals surface area contributed by atoms with Gasteiger partial charge in [-0.25, -0.2) is 9.59 Å². The number of rotatable bonds is 6. The number of carboxylic acid groups (broad SMARTS) is 2. The first-order chi connectivity index (χ1) is 17.1. The molecule has 0 heterocycles. The number of hydrogen-bond acceptors (Lipinski definition) is 7. The van der Waals surface area contributed by atoms with Gasteiger partial charge >= 0.3 is 18.0 Å². The normalized spacial score (nSPS) is 11.9. The minimum absolute atomic E-state index is 0.0817. The molecule has 3 aromatic rings. The molecule has 0 atom stereocenters. The second-order valence-electron chi connectivity index (χ2n) is 7.92. The maximum Gasteiger partial charge on any atom is 0.335 e. The maximum atomic E-state index is 12.9. The van der Waals surface area contributed by atoms with Crippen molar-refractivity contribution in [1.82, 2.24) is 5.32 Å². The SMILES string of the molecule is O=C(O)Cc1ccc(CNC(=O)Nc2cc3c(c(O)c2O)C(=O)c2ccccc2C3=O)cc1C(=O)O. The molecule has 11 heteroatoms. The highest BCUT2D eigenvalue weighted by Gasteiger charge is 2.34. The van der Waals surface area contributed by atoms with Crippen LogP contribution in [0.25, 0.3) is 0 Å². The van der Waals surface area contributed by atoms with Crippen LogP contribution in [0.2, 0.25) is 0 Å². The van der Waals surface area contributed by atoms with Gasteiger partial charge in [-0.1, -0.05) is 36.4 Å². The predicted octanol–water partition coefficient (Wildman–Crippen LogP) is 2.52. The predicted molar refractivity (Wildman–Crippen MR) is 124 cm³/mol. The number of carbonyl (C=O) groups excluding carboxylic acids is 3. The van der Waals surface area contributed by atoms with E-state index in [1.54, 1.807) is 12.1 Å². The van der Waals surface area contributed by atoms with E-state index in [4.69, 9.17) is 5.11 Å². The number of amides is 2. The fourth-order valence-electron chi connectivity index (χ4n) is 3.92. The van der Waals surface area contributed by atoms with Crippen LogP contribution in [-0.2, 0) is 17.8 Å². The van der Waals surface area contributed by atoms with E-state index in [1.165, 1.54) is 30.3 Å². The van der Waals surface area contributed by atoms with Gasteiger partial charge in [0.1, 0.15) is 0 Å². The number of anilines is 1. The Labute approximate surface area is 202 Å². The van der Waals surface area contributed by atoms with E-state index in [0.717, 1.165) is 6.07 Å². The Morgan fingerprint density at radius 1 is 0.806 bits per heavy atom. The minimum atomic E-state index is -1.33. The lowest BCUT2D eigenvalue weighted by Crippen LogP contribution is -2.29. The first kappa shape index (κ1) is 24.0. The zero-order chi connectivity index (χ0) is 26.1. The first-order valence-corrected chi connectivity index (χ1v) is 10.5. The molecule has 11 nitrogen and oxygen atoms in total. The Morgan fingerprint density at radius 2 is 1.47 bits per heavy atom. The van der Waals surface area contributed by atoms with Crippen LogP contribution >= 0.6 is 0 Å². The molecule has 0 fully saturated rings. The zero-order valence-electron chi connectivity index (χ0n) is 18.4. The summed E-state index contributed by atoms with van der Waals surface area (Å²) in [5.41, 5.74) is -0.460. The monoisotopic (exact) mass is 490 g/mol. The highest BCUT2D eigenvalue weighted by atomic mass is 16.4. The number of carbonyl (C=O) groups is 5. The van der Waals surface area contributed by atoms with Crippen LogP contribution in [0.4, 0.5) is 10.5 Å². The molecule has 2 amide bonds. The van der Waals surface area contributed by atoms with Gasteiger partial charge in [0, 0.05) is 23.2 Å². The summed E-state index contributed by atoms with van der Waals surface area (Å²) in [7, 11) is 0. The van der Waals surface area contributed by atoms with E-state index < -0.39 is 47.5 Å². The van der Waals surface area contributed by atoms with Crippen molar-refractivity contribution in [3.63, 3.8) is 0 Å². The van der Waals surface area contributed by atoms with Crippen molar-refractivity contribution >= 4 is 35.2 Å². The molecule has 3 aromatic carbocycles. The molecule has 1 aliphatic carbocycles. The highest BCUT2D eigenvalue weighted by molar-refractivity contribution is 6.30. The second-order valence-corrected chi connectivity index (χ2v) is 7.92. The largest absolute Gasteiger partial charge is 0.504 e. The van der Waals surface area contributed by atoms with Gasteiger partial charge in [-0.3, -0.25) is 14.4 Å². The van der Waals surface area contributed by atoms with Crippen molar-refractivity contribution in [3.05, 3.63) is 87.5 Å². The summed E-state index contributed by atoms with van der Waals surface area (Å²) in [6.07, 6.45) is -0.484. The van der Waals surface area contributed by atoms with E-state index >= 15 is 0 Å². The summed E-state index contributed by atoms with van der Waals surface area (Å²) >= 11 is 0. The molecule has 36 heavy (non-hydrogen) atoms. The summed E-state index contributed by atoms with van der Waals surface area (Å²) in [6.45, 7) is -0.165. The van der Waals surface area contributed by atoms with Crippen LogP contribution in [-0.4, -0.2) is 50.0 Å². The van der Waals surface area contributed by atoms with Gasteiger partial charge in [0.05, 0.1) is 23.2 Å². The van der Waals surface area contributed by atoms with Crippen molar-refractivity contribution < 1.29 is 44.4 Å². The van der Waals surface area contributed by atoms with Crippen molar-refractivity contribution in [2.75, 3.05) is 5.32 Å². The molecular weight excluding hydrogens is 472 g/mol. The van der Waals surface area contributed by atoms with E-state index in [-0.39, 0.29) is 45.6 Å². The molecule has 0 radical (unpaired) electrons. The maximum absolute atomic E-state index is 12.9. The number of urea groups is 1. The van der Waals surface area contributed by atoms with Crippen LogP contribution in [0.1, 0.15) is 53.3 Å². The lowest BCUT2D eigenvalue weighted by Gasteiger charge is -2.20. The average molecular weight is 490 g/mol. The van der Waals surface area contributed by atoms with Gasteiger partial charge in [-0.05, 0) is 23.3 Å². The van der Waals surface area contributed by atoms with Crippen LogP contribution in [0.15, 0.2) is 48.5 Å². The lowest BCUT2D eigenvalue weighted by atomic mass is 9.83. The third-order valence-electron chi connectivity index (χ3n) is 5.61. The minimum Gasteiger partial charge on any atom is -0.504 e. The Hall–Kier alpha value is -5.19. The number of hydrogen-bond donors (Lipinski definition) is 6. The molecule has 0 saturated carbocycles. The Morgan fingerprint density at radius 3 is 2.11 bits per heavy atom. The molecule has 1 aliphatic rings. The number of ketones is 2. The van der Waals surface area contributed by atoms with Gasteiger partial charge in [0.25, 0.3) is 0 Å². The number of benzene rings is 3. The number of aliphatic carboxylic acids is 1. The average Bonchev–Trinajstić information content (AvgIpc) is 2.84. The molecular formula is C25H18N2O9. The van der Waals surface area contributed by atoms with Crippen LogP contribution in [0.3, 0.4) is 0 Å². The van der Waals surface area contributed by atoms with Crippen LogP contribution in [0, 0.1) is 0 Å². The smallest absolute Gasteiger partial charge is 0.335 e. The number of phenolic OH excluding ortho intramolecular Hbond substituents is 2. The van der Waals surface area contributed by atoms with Gasteiger partial charge in [0.15, 0.2) is 23.1 Å². The van der Waals surface area contributed by atoms with Crippen molar-refractivity contribution in [3.8, 4) is 11.5 Å². The Balaban J connectivity index is 1.54. The third-order valence-corrected chi connectivity index (χ3v) is 5.61. The summed E-state index contributed by atoms with van der Waals surface area (Å²) < 4.78 is 0. The Bertz CT molecular complexity index is 1480. The standard InChI is InChI=1S/C25H18N2O9/c28-18(29)8-12-6-5-11(7-15(12)24(34)35)10-26-25(36)27-17-9-16-19(23(33)22(17)32)21(31)14-4-2-1-3-13(14)20(16)30/h1-7,9,32-33H,8,10H2,(H,28,29)(H,34,35)(H2,26,27,36). The van der Waals surface area contributed by atoms with Crippen molar-refractivity contribution in [2.24, 2.45) is 0 Å². The van der Waals surface area contributed by atoms with Gasteiger partial charge < -0.3 is 31.1 Å². The fourth-order valence-corrected chi connectivity index (χ4v) is 3.92. The molecule has 0 bridgehead atoms. The molecule has 4 rings (SSSR count). The van der Waals surface area contributed by atoms with E-state index in [2.05, 4.69) is 10.6 Å². The van der Waals surface area contributed by atoms with Gasteiger partial charge in [-0.2, -0.15) is 0 Å². The van der Waals surface area contributed by atoms with Gasteiger partial charge in [0.2, 0.25) is 0 Å². The summed E-state index contributed by atoms with van der Waals surface area (Å²) in [6, 6.07) is 10.3. The lowest BCUT2D eigenvalue weighted by molar-refractivity contribution is -0.136. The zero-order valence-corrected chi connectivity index (χ0v) is 18.4. The second kappa shape index (κ2) is 9.22. The van der Waals surface area contributed by atoms with Crippen molar-refractivity contribution in [2.45, 2.75) is 13.0 Å². The topological polar surface area (TPSA) is 190 Å². The molecule has 0 unspecified atom stereocenters. The number of aromatic hydroxyl groups is 2. The number of phenols is 2. The van der Waals surface area contributed by atoms with E-state index in [9.17, 15) is 39.3 Å². The van der Waals surface area contributed by atoms with E-state index in [1.807, 2.05) is 0 Å².